The SMILES string of the molecule is C=CC[C]1c2nc(C(C)C)sc21. The quantitative estimate of drug-likeness (QED) is 0.648. The summed E-state index contributed by atoms with van der Waals surface area (Å²) in [5.41, 5.74) is 1.25. The Kier molecular flexibility index (Phi) is 1.80. The van der Waals surface area contributed by atoms with Crippen LogP contribution in [0.15, 0.2) is 12.7 Å². The molecule has 0 saturated carbocycles. The molecule has 0 atom stereocenters. The summed E-state index contributed by atoms with van der Waals surface area (Å²) in [6, 6.07) is 0. The lowest BCUT2D eigenvalue weighted by atomic mass is 10.2. The fourth-order valence-electron chi connectivity index (χ4n) is 1.24. The number of hydrogen-bond donors (Lipinski definition) is 0. The highest BCUT2D eigenvalue weighted by atomic mass is 32.1. The topological polar surface area (TPSA) is 12.9 Å². The monoisotopic (exact) mass is 178 g/mol. The lowest BCUT2D eigenvalue weighted by Crippen LogP contribution is -1.87. The predicted octanol–water partition coefficient (Wildman–Crippen LogP) is 3.13. The zero-order valence-electron chi connectivity index (χ0n) is 7.42. The molecule has 0 unspecified atom stereocenters. The number of nitrogens with zero attached hydrogens (tertiary/aromatic N) is 1. The minimum Gasteiger partial charge on any atom is -0.245 e. The molecule has 1 heterocycles. The van der Waals surface area contributed by atoms with Gasteiger partial charge in [-0.25, -0.2) is 4.98 Å². The van der Waals surface area contributed by atoms with Crippen LogP contribution in [0.2, 0.25) is 0 Å². The van der Waals surface area contributed by atoms with E-state index in [0.717, 1.165) is 6.42 Å². The van der Waals surface area contributed by atoms with Crippen LogP contribution in [0.1, 0.15) is 41.8 Å². The van der Waals surface area contributed by atoms with Crippen molar-refractivity contribution < 1.29 is 0 Å². The number of rotatable bonds is 3. The summed E-state index contributed by atoms with van der Waals surface area (Å²) in [6.45, 7) is 8.09. The van der Waals surface area contributed by atoms with E-state index in [2.05, 4.69) is 25.4 Å². The second kappa shape index (κ2) is 2.70. The summed E-state index contributed by atoms with van der Waals surface area (Å²) in [4.78, 5) is 5.95. The molecule has 0 amide bonds. The molecule has 0 fully saturated rings. The van der Waals surface area contributed by atoms with Gasteiger partial charge < -0.3 is 0 Å². The van der Waals surface area contributed by atoms with Gasteiger partial charge in [-0.3, -0.25) is 0 Å². The number of fused-ring (bicyclic) bond motifs is 1. The summed E-state index contributed by atoms with van der Waals surface area (Å²) >= 11 is 1.84. The molecule has 1 nitrogen and oxygen atoms in total. The van der Waals surface area contributed by atoms with Crippen molar-refractivity contribution in [3.05, 3.63) is 34.2 Å². The first-order valence-electron chi connectivity index (χ1n) is 4.22. The van der Waals surface area contributed by atoms with Gasteiger partial charge in [-0.15, -0.1) is 17.9 Å². The maximum absolute atomic E-state index is 4.54. The van der Waals surface area contributed by atoms with Crippen LogP contribution in [0.4, 0.5) is 0 Å². The van der Waals surface area contributed by atoms with Gasteiger partial charge in [0.2, 0.25) is 0 Å². The highest BCUT2D eigenvalue weighted by molar-refractivity contribution is 7.13. The Morgan fingerprint density at radius 2 is 2.33 bits per heavy atom. The van der Waals surface area contributed by atoms with Gasteiger partial charge in [0.1, 0.15) is 0 Å². The van der Waals surface area contributed by atoms with Gasteiger partial charge in [0, 0.05) is 10.8 Å². The van der Waals surface area contributed by atoms with Crippen molar-refractivity contribution in [2.45, 2.75) is 26.2 Å². The highest BCUT2D eigenvalue weighted by Crippen LogP contribution is 2.49. The number of thiazole rings is 1. The lowest BCUT2D eigenvalue weighted by Gasteiger charge is -1.98. The van der Waals surface area contributed by atoms with E-state index >= 15 is 0 Å². The standard InChI is InChI=1S/C10H12NS/c1-4-5-7-8-9(7)12-10(11-8)6(2)3/h4,6H,1,5H2,2-3H3. The average molecular weight is 178 g/mol. The van der Waals surface area contributed by atoms with Crippen LogP contribution in [-0.4, -0.2) is 4.98 Å². The molecule has 12 heavy (non-hydrogen) atoms. The van der Waals surface area contributed by atoms with E-state index < -0.39 is 0 Å². The van der Waals surface area contributed by atoms with Crippen molar-refractivity contribution in [2.24, 2.45) is 0 Å². The average Bonchev–Trinajstić information content (AvgIpc) is 2.51. The summed E-state index contributed by atoms with van der Waals surface area (Å²) in [6.07, 6.45) is 2.94. The fraction of sp³-hybridized carbons (Fsp3) is 0.400. The molecule has 0 spiro atoms. The molecule has 1 aromatic heterocycles. The Morgan fingerprint density at radius 3 is 2.75 bits per heavy atom. The molecule has 2 rings (SSSR count). The van der Waals surface area contributed by atoms with Crippen molar-refractivity contribution in [3.63, 3.8) is 0 Å². The third-order valence-corrected chi connectivity index (χ3v) is 3.40. The zero-order valence-corrected chi connectivity index (χ0v) is 8.24. The zero-order chi connectivity index (χ0) is 8.72. The van der Waals surface area contributed by atoms with E-state index in [0.29, 0.717) is 5.92 Å². The molecular weight excluding hydrogens is 166 g/mol. The Balaban J connectivity index is 2.10. The van der Waals surface area contributed by atoms with Crippen LogP contribution in [0.25, 0.3) is 0 Å². The van der Waals surface area contributed by atoms with Gasteiger partial charge in [-0.1, -0.05) is 19.9 Å². The van der Waals surface area contributed by atoms with Gasteiger partial charge in [0.05, 0.1) is 16.6 Å². The summed E-state index contributed by atoms with van der Waals surface area (Å²) in [5, 5.41) is 1.27. The second-order valence-electron chi connectivity index (χ2n) is 3.36. The molecule has 1 aliphatic carbocycles. The minimum absolute atomic E-state index is 0.577. The van der Waals surface area contributed by atoms with Crippen molar-refractivity contribution in [2.75, 3.05) is 0 Å². The van der Waals surface area contributed by atoms with Crippen LogP contribution in [-0.2, 0) is 0 Å². The van der Waals surface area contributed by atoms with Gasteiger partial charge in [0.25, 0.3) is 0 Å². The molecule has 0 aliphatic heterocycles. The maximum Gasteiger partial charge on any atom is 0.0957 e. The van der Waals surface area contributed by atoms with Crippen molar-refractivity contribution in [1.29, 1.82) is 0 Å². The van der Waals surface area contributed by atoms with Crippen molar-refractivity contribution in [1.82, 2.24) is 4.98 Å². The Morgan fingerprint density at radius 1 is 1.58 bits per heavy atom. The fourth-order valence-corrected chi connectivity index (χ4v) is 2.34. The lowest BCUT2D eigenvalue weighted by molar-refractivity contribution is 0.848. The number of hydrogen-bond acceptors (Lipinski definition) is 2. The predicted molar refractivity (Wildman–Crippen MR) is 52.5 cm³/mol. The van der Waals surface area contributed by atoms with E-state index in [1.165, 1.54) is 21.5 Å². The Labute approximate surface area is 77.2 Å². The second-order valence-corrected chi connectivity index (χ2v) is 4.39. The van der Waals surface area contributed by atoms with E-state index in [-0.39, 0.29) is 0 Å². The largest absolute Gasteiger partial charge is 0.245 e. The third kappa shape index (κ3) is 1.11. The minimum atomic E-state index is 0.577. The highest BCUT2D eigenvalue weighted by Gasteiger charge is 2.38. The van der Waals surface area contributed by atoms with Gasteiger partial charge >= 0.3 is 0 Å². The molecular formula is C10H12NS. The Hall–Kier alpha value is -0.630. The first kappa shape index (κ1) is 7.99. The first-order valence-corrected chi connectivity index (χ1v) is 5.04. The van der Waals surface area contributed by atoms with Crippen LogP contribution in [0.5, 0.6) is 0 Å². The summed E-state index contributed by atoms with van der Waals surface area (Å²) < 4.78 is 0. The molecule has 0 saturated heterocycles. The van der Waals surface area contributed by atoms with Gasteiger partial charge in [0.15, 0.2) is 0 Å². The van der Waals surface area contributed by atoms with Crippen molar-refractivity contribution in [3.8, 4) is 0 Å². The molecule has 1 aliphatic rings. The molecule has 1 aromatic rings. The third-order valence-electron chi connectivity index (χ3n) is 1.98. The molecule has 0 bridgehead atoms. The molecule has 0 N–H and O–H groups in total. The molecule has 2 heteroatoms. The molecule has 63 valence electrons. The summed E-state index contributed by atoms with van der Waals surface area (Å²) in [7, 11) is 0. The van der Waals surface area contributed by atoms with Crippen LogP contribution >= 0.6 is 11.3 Å². The smallest absolute Gasteiger partial charge is 0.0957 e. The van der Waals surface area contributed by atoms with E-state index in [9.17, 15) is 0 Å². The number of aromatic nitrogens is 1. The maximum atomic E-state index is 4.54. The first-order chi connectivity index (χ1) is 5.74. The molecule has 0 aromatic carbocycles. The van der Waals surface area contributed by atoms with E-state index in [4.69, 9.17) is 0 Å². The number of allylic oxidation sites excluding steroid dienone is 1. The van der Waals surface area contributed by atoms with Crippen LogP contribution in [0, 0.1) is 5.92 Å². The van der Waals surface area contributed by atoms with Crippen molar-refractivity contribution >= 4 is 11.3 Å². The summed E-state index contributed by atoms with van der Waals surface area (Å²) in [5.74, 6) is 1.99. The van der Waals surface area contributed by atoms with Crippen LogP contribution < -0.4 is 0 Å². The normalized spacial score (nSPS) is 14.9. The Bertz CT molecular complexity index is 290. The van der Waals surface area contributed by atoms with Gasteiger partial charge in [-0.2, -0.15) is 0 Å². The van der Waals surface area contributed by atoms with Gasteiger partial charge in [-0.05, 0) is 6.42 Å². The van der Waals surface area contributed by atoms with Crippen LogP contribution in [0.3, 0.4) is 0 Å². The van der Waals surface area contributed by atoms with E-state index in [1.807, 2.05) is 17.4 Å². The molecule has 1 radical (unpaired) electrons. The van der Waals surface area contributed by atoms with E-state index in [1.54, 1.807) is 0 Å².